The van der Waals surface area contributed by atoms with Crippen molar-refractivity contribution in [1.82, 2.24) is 0 Å². The minimum Gasteiger partial charge on any atom is -0.477 e. The van der Waals surface area contributed by atoms with Crippen molar-refractivity contribution in [3.05, 3.63) is 35.2 Å². The van der Waals surface area contributed by atoms with Crippen molar-refractivity contribution in [3.8, 4) is 6.07 Å². The van der Waals surface area contributed by atoms with Gasteiger partial charge in [-0.1, -0.05) is 12.1 Å². The molecule has 0 unspecified atom stereocenters. The second kappa shape index (κ2) is 5.80. The predicted molar refractivity (Wildman–Crippen MR) is 83.3 cm³/mol. The van der Waals surface area contributed by atoms with Gasteiger partial charge in [-0.2, -0.15) is 5.26 Å². The third-order valence-electron chi connectivity index (χ3n) is 4.20. The van der Waals surface area contributed by atoms with Crippen LogP contribution >= 0.6 is 0 Å². The minimum atomic E-state index is -1.40. The van der Waals surface area contributed by atoms with E-state index in [1.807, 2.05) is 27.7 Å². The van der Waals surface area contributed by atoms with Crippen LogP contribution in [0.2, 0.25) is 0 Å². The summed E-state index contributed by atoms with van der Waals surface area (Å²) >= 11 is 0. The molecule has 23 heavy (non-hydrogen) atoms. The maximum atomic E-state index is 14.2. The topological polar surface area (TPSA) is 79.5 Å². The van der Waals surface area contributed by atoms with Crippen LogP contribution in [0.15, 0.2) is 23.8 Å². The number of rotatable bonds is 3. The van der Waals surface area contributed by atoms with Gasteiger partial charge < -0.3 is 14.4 Å². The van der Waals surface area contributed by atoms with E-state index in [1.165, 1.54) is 18.2 Å². The fourth-order valence-corrected chi connectivity index (χ4v) is 2.08. The average molecular weight is 317 g/mol. The highest BCUT2D eigenvalue weighted by atomic mass is 19.1. The first kappa shape index (κ1) is 17.2. The van der Waals surface area contributed by atoms with Gasteiger partial charge in [-0.15, -0.1) is 0 Å². The number of hydrogen-bond acceptors (Lipinski definition) is 4. The number of nitrogens with zero attached hydrogens (tertiary/aromatic N) is 1. The molecule has 0 bridgehead atoms. The van der Waals surface area contributed by atoms with Gasteiger partial charge in [0.05, 0.1) is 11.2 Å². The van der Waals surface area contributed by atoms with Crippen molar-refractivity contribution < 1.29 is 23.6 Å². The molecular weight excluding hydrogens is 300 g/mol. The van der Waals surface area contributed by atoms with Crippen LogP contribution in [-0.4, -0.2) is 29.4 Å². The molecule has 0 radical (unpaired) electrons. The predicted octanol–water partition coefficient (Wildman–Crippen LogP) is 2.12. The lowest BCUT2D eigenvalue weighted by molar-refractivity contribution is -0.132. The Kier molecular flexibility index (Phi) is 4.33. The van der Waals surface area contributed by atoms with Crippen LogP contribution in [0.3, 0.4) is 0 Å². The van der Waals surface area contributed by atoms with Crippen LogP contribution in [-0.2, 0) is 14.1 Å². The Labute approximate surface area is 134 Å². The normalized spacial score (nSPS) is 19.5. The summed E-state index contributed by atoms with van der Waals surface area (Å²) in [5.41, 5.74) is -1.10. The van der Waals surface area contributed by atoms with E-state index in [9.17, 15) is 9.18 Å². The highest BCUT2D eigenvalue weighted by Crippen LogP contribution is 2.36. The van der Waals surface area contributed by atoms with E-state index in [2.05, 4.69) is 0 Å². The molecule has 1 fully saturated rings. The molecule has 7 heteroatoms. The maximum Gasteiger partial charge on any atom is 0.494 e. The number of hydrogen-bond donors (Lipinski definition) is 1. The molecule has 1 heterocycles. The van der Waals surface area contributed by atoms with Gasteiger partial charge >= 0.3 is 13.1 Å². The number of nitriles is 1. The van der Waals surface area contributed by atoms with E-state index in [-0.39, 0.29) is 5.56 Å². The molecule has 0 saturated carbocycles. The Morgan fingerprint density at radius 1 is 1.30 bits per heavy atom. The summed E-state index contributed by atoms with van der Waals surface area (Å²) in [7, 11) is -0.706. The summed E-state index contributed by atoms with van der Waals surface area (Å²) < 4.78 is 25.9. The summed E-state index contributed by atoms with van der Waals surface area (Å²) in [6.45, 7) is 7.58. The van der Waals surface area contributed by atoms with Crippen molar-refractivity contribution >= 4 is 24.6 Å². The first-order valence-corrected chi connectivity index (χ1v) is 7.07. The number of benzene rings is 1. The van der Waals surface area contributed by atoms with Gasteiger partial charge in [0, 0.05) is 5.56 Å². The third kappa shape index (κ3) is 3.28. The first-order valence-electron chi connectivity index (χ1n) is 7.07. The van der Waals surface area contributed by atoms with E-state index in [1.54, 1.807) is 6.07 Å². The van der Waals surface area contributed by atoms with Crippen molar-refractivity contribution in [3.63, 3.8) is 0 Å². The van der Waals surface area contributed by atoms with Gasteiger partial charge in [0.1, 0.15) is 17.5 Å². The SMILES string of the molecule is CC1(C)OB(c2ccc(/C=C(\C#N)C(=O)O)c(F)c2)OC1(C)C. The van der Waals surface area contributed by atoms with Crippen molar-refractivity contribution in [2.75, 3.05) is 0 Å². The monoisotopic (exact) mass is 317 g/mol. The highest BCUT2D eigenvalue weighted by molar-refractivity contribution is 6.62. The summed E-state index contributed by atoms with van der Waals surface area (Å²) in [5, 5.41) is 17.5. The molecule has 1 N–H and O–H groups in total. The molecule has 0 aromatic heterocycles. The molecule has 2 rings (SSSR count). The summed E-state index contributed by atoms with van der Waals surface area (Å²) in [5.74, 6) is -2.05. The molecule has 0 atom stereocenters. The van der Waals surface area contributed by atoms with Crippen molar-refractivity contribution in [2.45, 2.75) is 38.9 Å². The first-order chi connectivity index (χ1) is 10.6. The number of carboxylic acids is 1. The largest absolute Gasteiger partial charge is 0.494 e. The Morgan fingerprint density at radius 3 is 2.30 bits per heavy atom. The zero-order valence-corrected chi connectivity index (χ0v) is 13.4. The number of aliphatic carboxylic acids is 1. The smallest absolute Gasteiger partial charge is 0.477 e. The molecule has 0 amide bonds. The van der Waals surface area contributed by atoms with Crippen LogP contribution in [0.1, 0.15) is 33.3 Å². The third-order valence-corrected chi connectivity index (χ3v) is 4.20. The molecule has 0 spiro atoms. The average Bonchev–Trinajstić information content (AvgIpc) is 2.65. The van der Waals surface area contributed by atoms with Gasteiger partial charge in [0.25, 0.3) is 0 Å². The Bertz CT molecular complexity index is 705. The lowest BCUT2D eigenvalue weighted by atomic mass is 9.78. The Hall–Kier alpha value is -2.17. The Morgan fingerprint density at radius 2 is 1.87 bits per heavy atom. The van der Waals surface area contributed by atoms with Gasteiger partial charge in [0.2, 0.25) is 0 Å². The van der Waals surface area contributed by atoms with Crippen molar-refractivity contribution in [1.29, 1.82) is 5.26 Å². The Balaban J connectivity index is 2.32. The van der Waals surface area contributed by atoms with Gasteiger partial charge in [0.15, 0.2) is 0 Å². The molecule has 1 aliphatic rings. The van der Waals surface area contributed by atoms with E-state index >= 15 is 0 Å². The molecule has 5 nitrogen and oxygen atoms in total. The van der Waals surface area contributed by atoms with E-state index < -0.39 is 35.7 Å². The van der Waals surface area contributed by atoms with E-state index in [0.717, 1.165) is 6.08 Å². The van der Waals surface area contributed by atoms with Crippen LogP contribution in [0.25, 0.3) is 6.08 Å². The molecule has 120 valence electrons. The summed E-state index contributed by atoms with van der Waals surface area (Å²) in [6, 6.07) is 5.73. The summed E-state index contributed by atoms with van der Waals surface area (Å²) in [6.07, 6.45) is 0.992. The van der Waals surface area contributed by atoms with E-state index in [4.69, 9.17) is 19.7 Å². The standard InChI is InChI=1S/C16H17BFNO4/c1-15(2)16(3,4)23-17(22-15)12-6-5-10(13(18)8-12)7-11(9-19)14(20)21/h5-8H,1-4H3,(H,20,21)/b11-7+. The van der Waals surface area contributed by atoms with Crippen LogP contribution in [0, 0.1) is 17.1 Å². The molecule has 1 aromatic rings. The zero-order valence-electron chi connectivity index (χ0n) is 13.4. The molecule has 1 aliphatic heterocycles. The van der Waals surface area contributed by atoms with Crippen LogP contribution in [0.4, 0.5) is 4.39 Å². The molecular formula is C16H17BFNO4. The fraction of sp³-hybridized carbons (Fsp3) is 0.375. The quantitative estimate of drug-likeness (QED) is 0.525. The van der Waals surface area contributed by atoms with Crippen molar-refractivity contribution in [2.24, 2.45) is 0 Å². The van der Waals surface area contributed by atoms with Gasteiger partial charge in [-0.05, 0) is 45.3 Å². The van der Waals surface area contributed by atoms with Gasteiger partial charge in [-0.3, -0.25) is 0 Å². The zero-order chi connectivity index (χ0) is 17.4. The van der Waals surface area contributed by atoms with E-state index in [0.29, 0.717) is 5.46 Å². The lowest BCUT2D eigenvalue weighted by Crippen LogP contribution is -2.41. The molecule has 0 aliphatic carbocycles. The van der Waals surface area contributed by atoms with Crippen LogP contribution < -0.4 is 5.46 Å². The number of carbonyl (C=O) groups is 1. The molecule has 1 saturated heterocycles. The number of carboxylic acid groups (broad SMARTS) is 1. The molecule has 1 aromatic carbocycles. The van der Waals surface area contributed by atoms with Crippen LogP contribution in [0.5, 0.6) is 0 Å². The lowest BCUT2D eigenvalue weighted by Gasteiger charge is -2.32. The van der Waals surface area contributed by atoms with Gasteiger partial charge in [-0.25, -0.2) is 9.18 Å². The minimum absolute atomic E-state index is 0.0178. The number of halogens is 1. The second-order valence-electron chi connectivity index (χ2n) is 6.34. The summed E-state index contributed by atoms with van der Waals surface area (Å²) in [4.78, 5) is 10.8. The fourth-order valence-electron chi connectivity index (χ4n) is 2.08. The highest BCUT2D eigenvalue weighted by Gasteiger charge is 2.51. The second-order valence-corrected chi connectivity index (χ2v) is 6.34. The maximum absolute atomic E-state index is 14.2.